The summed E-state index contributed by atoms with van der Waals surface area (Å²) in [6.45, 7) is 0. The van der Waals surface area contributed by atoms with Gasteiger partial charge in [0, 0.05) is 21.8 Å². The van der Waals surface area contributed by atoms with Gasteiger partial charge in [-0.2, -0.15) is 0 Å². The lowest BCUT2D eigenvalue weighted by Gasteiger charge is -1.96. The van der Waals surface area contributed by atoms with Gasteiger partial charge in [0.25, 0.3) is 0 Å². The second-order valence-electron chi connectivity index (χ2n) is 3.90. The smallest absolute Gasteiger partial charge is 0.303 e. The molecule has 1 N–H and O–H groups in total. The lowest BCUT2D eigenvalue weighted by molar-refractivity contribution is -0.137. The monoisotopic (exact) mass is 325 g/mol. The molecule has 0 amide bonds. The number of aryl methyl sites for hydroxylation is 1. The number of hydrogen-bond acceptors (Lipinski definition) is 3. The summed E-state index contributed by atoms with van der Waals surface area (Å²) in [4.78, 5) is 14.9. The predicted molar refractivity (Wildman–Crippen MR) is 75.8 cm³/mol. The van der Waals surface area contributed by atoms with Gasteiger partial charge in [0.2, 0.25) is 0 Å². The van der Waals surface area contributed by atoms with Crippen molar-refractivity contribution in [3.63, 3.8) is 0 Å². The Labute approximate surface area is 118 Å². The SMILES string of the molecule is O=C(O)CCCc1csc(-c2ccc(Br)cc2)n1. The van der Waals surface area contributed by atoms with Crippen LogP contribution >= 0.6 is 27.3 Å². The molecule has 0 radical (unpaired) electrons. The second kappa shape index (κ2) is 6.11. The molecule has 1 aromatic heterocycles. The van der Waals surface area contributed by atoms with E-state index in [1.807, 2.05) is 29.6 Å². The third-order valence-electron chi connectivity index (χ3n) is 2.47. The highest BCUT2D eigenvalue weighted by molar-refractivity contribution is 9.10. The first-order chi connectivity index (χ1) is 8.65. The summed E-state index contributed by atoms with van der Waals surface area (Å²) in [6.07, 6.45) is 1.56. The molecule has 18 heavy (non-hydrogen) atoms. The summed E-state index contributed by atoms with van der Waals surface area (Å²) >= 11 is 4.99. The van der Waals surface area contributed by atoms with E-state index in [-0.39, 0.29) is 6.42 Å². The van der Waals surface area contributed by atoms with Gasteiger partial charge in [-0.3, -0.25) is 4.79 Å². The molecule has 0 aliphatic heterocycles. The van der Waals surface area contributed by atoms with E-state index in [4.69, 9.17) is 5.11 Å². The summed E-state index contributed by atoms with van der Waals surface area (Å²) < 4.78 is 1.05. The highest BCUT2D eigenvalue weighted by Gasteiger charge is 2.05. The highest BCUT2D eigenvalue weighted by Crippen LogP contribution is 2.25. The number of aliphatic carboxylic acids is 1. The van der Waals surface area contributed by atoms with Gasteiger partial charge in [-0.25, -0.2) is 4.98 Å². The van der Waals surface area contributed by atoms with E-state index in [9.17, 15) is 4.79 Å². The Morgan fingerprint density at radius 1 is 1.33 bits per heavy atom. The molecule has 0 spiro atoms. The topological polar surface area (TPSA) is 50.2 Å². The first kappa shape index (κ1) is 13.2. The Hall–Kier alpha value is -1.20. The van der Waals surface area contributed by atoms with E-state index < -0.39 is 5.97 Å². The average molecular weight is 326 g/mol. The molecule has 0 fully saturated rings. The Morgan fingerprint density at radius 2 is 2.06 bits per heavy atom. The molecule has 0 aliphatic rings. The van der Waals surface area contributed by atoms with Crippen LogP contribution < -0.4 is 0 Å². The average Bonchev–Trinajstić information content (AvgIpc) is 2.78. The molecular formula is C13H12BrNO2S. The number of hydrogen-bond donors (Lipinski definition) is 1. The van der Waals surface area contributed by atoms with Gasteiger partial charge >= 0.3 is 5.97 Å². The third-order valence-corrected chi connectivity index (χ3v) is 3.94. The van der Waals surface area contributed by atoms with Crippen LogP contribution in [-0.4, -0.2) is 16.1 Å². The summed E-state index contributed by atoms with van der Waals surface area (Å²) in [5.41, 5.74) is 2.06. The van der Waals surface area contributed by atoms with Crippen molar-refractivity contribution in [3.05, 3.63) is 39.8 Å². The summed E-state index contributed by atoms with van der Waals surface area (Å²) in [5, 5.41) is 11.6. The van der Waals surface area contributed by atoms with Gasteiger partial charge in [-0.05, 0) is 25.0 Å². The van der Waals surface area contributed by atoms with Gasteiger partial charge in [0.05, 0.1) is 5.69 Å². The van der Waals surface area contributed by atoms with Crippen molar-refractivity contribution in [1.82, 2.24) is 4.98 Å². The minimum absolute atomic E-state index is 0.200. The van der Waals surface area contributed by atoms with Crippen molar-refractivity contribution in [3.8, 4) is 10.6 Å². The molecule has 2 rings (SSSR count). The lowest BCUT2D eigenvalue weighted by atomic mass is 10.2. The molecule has 3 nitrogen and oxygen atoms in total. The number of nitrogens with zero attached hydrogens (tertiary/aromatic N) is 1. The lowest BCUT2D eigenvalue weighted by Crippen LogP contribution is -1.95. The quantitative estimate of drug-likeness (QED) is 0.904. The van der Waals surface area contributed by atoms with Crippen LogP contribution in [0.2, 0.25) is 0 Å². The maximum Gasteiger partial charge on any atom is 0.303 e. The number of rotatable bonds is 5. The molecule has 0 saturated heterocycles. The minimum atomic E-state index is -0.752. The van der Waals surface area contributed by atoms with E-state index >= 15 is 0 Å². The standard InChI is InChI=1S/C13H12BrNO2S/c14-10-6-4-9(5-7-10)13-15-11(8-18-13)2-1-3-12(16)17/h4-8H,1-3H2,(H,16,17). The van der Waals surface area contributed by atoms with E-state index in [1.54, 1.807) is 11.3 Å². The normalized spacial score (nSPS) is 10.5. The third kappa shape index (κ3) is 3.65. The van der Waals surface area contributed by atoms with E-state index in [2.05, 4.69) is 20.9 Å². The Morgan fingerprint density at radius 3 is 2.72 bits per heavy atom. The van der Waals surface area contributed by atoms with Gasteiger partial charge < -0.3 is 5.11 Å². The zero-order valence-electron chi connectivity index (χ0n) is 9.60. The molecule has 94 valence electrons. The summed E-state index contributed by atoms with van der Waals surface area (Å²) in [7, 11) is 0. The largest absolute Gasteiger partial charge is 0.481 e. The Balaban J connectivity index is 2.01. The number of halogens is 1. The predicted octanol–water partition coefficient (Wildman–Crippen LogP) is 3.98. The van der Waals surface area contributed by atoms with Crippen LogP contribution in [0.1, 0.15) is 18.5 Å². The maximum absolute atomic E-state index is 10.4. The number of benzene rings is 1. The fraction of sp³-hybridized carbons (Fsp3) is 0.231. The molecule has 0 bridgehead atoms. The number of carboxylic acids is 1. The Kier molecular flexibility index (Phi) is 4.49. The summed E-state index contributed by atoms with van der Waals surface area (Å²) in [6, 6.07) is 8.01. The molecule has 2 aromatic rings. The summed E-state index contributed by atoms with van der Waals surface area (Å²) in [5.74, 6) is -0.752. The number of carbonyl (C=O) groups is 1. The zero-order valence-corrected chi connectivity index (χ0v) is 12.0. The van der Waals surface area contributed by atoms with Crippen molar-refractivity contribution in [2.75, 3.05) is 0 Å². The molecule has 1 heterocycles. The van der Waals surface area contributed by atoms with Crippen LogP contribution in [0.25, 0.3) is 10.6 Å². The van der Waals surface area contributed by atoms with Crippen molar-refractivity contribution in [1.29, 1.82) is 0 Å². The van der Waals surface area contributed by atoms with Gasteiger partial charge in [-0.1, -0.05) is 28.1 Å². The first-order valence-corrected chi connectivity index (χ1v) is 7.24. The number of aromatic nitrogens is 1. The highest BCUT2D eigenvalue weighted by atomic mass is 79.9. The molecule has 0 saturated carbocycles. The van der Waals surface area contributed by atoms with Crippen LogP contribution in [0.15, 0.2) is 34.1 Å². The number of thiazole rings is 1. The fourth-order valence-corrected chi connectivity index (χ4v) is 2.69. The van der Waals surface area contributed by atoms with Crippen molar-refractivity contribution >= 4 is 33.2 Å². The van der Waals surface area contributed by atoms with Crippen LogP contribution in [0, 0.1) is 0 Å². The number of carboxylic acid groups (broad SMARTS) is 1. The minimum Gasteiger partial charge on any atom is -0.481 e. The van der Waals surface area contributed by atoms with E-state index in [0.717, 1.165) is 27.2 Å². The molecule has 0 unspecified atom stereocenters. The van der Waals surface area contributed by atoms with Crippen molar-refractivity contribution < 1.29 is 9.90 Å². The van der Waals surface area contributed by atoms with Crippen LogP contribution in [-0.2, 0) is 11.2 Å². The maximum atomic E-state index is 10.4. The van der Waals surface area contributed by atoms with Gasteiger partial charge in [0.15, 0.2) is 0 Å². The molecular weight excluding hydrogens is 314 g/mol. The first-order valence-electron chi connectivity index (χ1n) is 5.57. The molecule has 0 atom stereocenters. The molecule has 1 aromatic carbocycles. The van der Waals surface area contributed by atoms with Crippen molar-refractivity contribution in [2.45, 2.75) is 19.3 Å². The van der Waals surface area contributed by atoms with E-state index in [0.29, 0.717) is 6.42 Å². The van der Waals surface area contributed by atoms with Crippen LogP contribution in [0.3, 0.4) is 0 Å². The van der Waals surface area contributed by atoms with Crippen LogP contribution in [0.5, 0.6) is 0 Å². The second-order valence-corrected chi connectivity index (χ2v) is 5.67. The van der Waals surface area contributed by atoms with Gasteiger partial charge in [0.1, 0.15) is 5.01 Å². The Bertz CT molecular complexity index is 536. The zero-order chi connectivity index (χ0) is 13.0. The molecule has 0 aliphatic carbocycles. The van der Waals surface area contributed by atoms with Crippen molar-refractivity contribution in [2.24, 2.45) is 0 Å². The molecule has 5 heteroatoms. The van der Waals surface area contributed by atoms with Crippen LogP contribution in [0.4, 0.5) is 0 Å². The van der Waals surface area contributed by atoms with E-state index in [1.165, 1.54) is 0 Å². The fourth-order valence-electron chi connectivity index (χ4n) is 1.57. The van der Waals surface area contributed by atoms with Gasteiger partial charge in [-0.15, -0.1) is 11.3 Å².